The van der Waals surface area contributed by atoms with Crippen molar-refractivity contribution in [1.82, 2.24) is 5.43 Å². The highest BCUT2D eigenvalue weighted by atomic mass is 79.9. The first-order valence-electron chi connectivity index (χ1n) is 5.27. The van der Waals surface area contributed by atoms with Crippen molar-refractivity contribution in [3.8, 4) is 5.75 Å². The molecule has 0 fully saturated rings. The Labute approximate surface area is 121 Å². The molecule has 1 heterocycles. The first-order chi connectivity index (χ1) is 9.10. The minimum Gasteiger partial charge on any atom is -0.487 e. The molecular formula is C12H10BrFN2O2S. The van der Waals surface area contributed by atoms with Crippen molar-refractivity contribution >= 4 is 33.2 Å². The van der Waals surface area contributed by atoms with E-state index in [2.05, 4.69) is 21.4 Å². The Bertz CT molecular complexity index is 603. The lowest BCUT2D eigenvalue weighted by atomic mass is 10.3. The molecule has 1 aromatic carbocycles. The van der Waals surface area contributed by atoms with Crippen LogP contribution < -0.4 is 16.0 Å². The van der Waals surface area contributed by atoms with Gasteiger partial charge in [0.1, 0.15) is 18.2 Å². The molecule has 0 saturated heterocycles. The van der Waals surface area contributed by atoms with Gasteiger partial charge in [-0.15, -0.1) is 11.3 Å². The number of thiophene rings is 1. The quantitative estimate of drug-likeness (QED) is 0.509. The van der Waals surface area contributed by atoms with Crippen LogP contribution in [0.4, 0.5) is 4.39 Å². The van der Waals surface area contributed by atoms with Crippen molar-refractivity contribution in [2.75, 3.05) is 0 Å². The Kier molecular flexibility index (Phi) is 4.52. The van der Waals surface area contributed by atoms with Crippen molar-refractivity contribution in [3.63, 3.8) is 0 Å². The lowest BCUT2D eigenvalue weighted by Gasteiger charge is -2.06. The summed E-state index contributed by atoms with van der Waals surface area (Å²) >= 11 is 4.54. The predicted molar refractivity (Wildman–Crippen MR) is 74.4 cm³/mol. The van der Waals surface area contributed by atoms with Gasteiger partial charge in [-0.1, -0.05) is 0 Å². The average Bonchev–Trinajstić information content (AvgIpc) is 2.88. The number of nitrogens with one attached hydrogen (secondary N) is 1. The fourth-order valence-corrected chi connectivity index (χ4v) is 2.57. The Morgan fingerprint density at radius 3 is 2.95 bits per heavy atom. The monoisotopic (exact) mass is 344 g/mol. The summed E-state index contributed by atoms with van der Waals surface area (Å²) in [7, 11) is 0. The lowest BCUT2D eigenvalue weighted by molar-refractivity contribution is 0.0957. The molecule has 0 aliphatic rings. The third kappa shape index (κ3) is 3.52. The second-order valence-corrected chi connectivity index (χ2v) is 5.63. The van der Waals surface area contributed by atoms with Gasteiger partial charge in [-0.2, -0.15) is 0 Å². The summed E-state index contributed by atoms with van der Waals surface area (Å²) < 4.78 is 19.2. The Morgan fingerprint density at radius 1 is 1.42 bits per heavy atom. The van der Waals surface area contributed by atoms with Crippen LogP contribution in [0.2, 0.25) is 0 Å². The number of nitrogen functional groups attached to an aromatic ring is 1. The van der Waals surface area contributed by atoms with E-state index < -0.39 is 0 Å². The number of hydrogen-bond donors (Lipinski definition) is 2. The van der Waals surface area contributed by atoms with Crippen molar-refractivity contribution < 1.29 is 13.9 Å². The van der Waals surface area contributed by atoms with Crippen molar-refractivity contribution in [1.29, 1.82) is 0 Å². The van der Waals surface area contributed by atoms with Gasteiger partial charge < -0.3 is 4.74 Å². The fraction of sp³-hybridized carbons (Fsp3) is 0.0833. The molecule has 0 radical (unpaired) electrons. The van der Waals surface area contributed by atoms with Crippen LogP contribution in [0.5, 0.6) is 5.75 Å². The van der Waals surface area contributed by atoms with Gasteiger partial charge in [0, 0.05) is 10.9 Å². The highest BCUT2D eigenvalue weighted by Crippen LogP contribution is 2.27. The van der Waals surface area contributed by atoms with Crippen LogP contribution in [-0.4, -0.2) is 5.91 Å². The Hall–Kier alpha value is -1.44. The van der Waals surface area contributed by atoms with Gasteiger partial charge >= 0.3 is 0 Å². The Balaban J connectivity index is 2.04. The molecule has 0 bridgehead atoms. The highest BCUT2D eigenvalue weighted by Gasteiger charge is 2.09. The van der Waals surface area contributed by atoms with Gasteiger partial charge in [0.25, 0.3) is 5.91 Å². The minimum atomic E-state index is -0.368. The second kappa shape index (κ2) is 6.14. The molecule has 0 aliphatic carbocycles. The summed E-state index contributed by atoms with van der Waals surface area (Å²) in [4.78, 5) is 12.6. The molecule has 0 saturated carbocycles. The van der Waals surface area contributed by atoms with Crippen LogP contribution in [0, 0.1) is 5.82 Å². The van der Waals surface area contributed by atoms with Crippen molar-refractivity contribution in [2.24, 2.45) is 5.84 Å². The smallest absolute Gasteiger partial charge is 0.275 e. The fourth-order valence-electron chi connectivity index (χ4n) is 1.39. The molecule has 4 nitrogen and oxygen atoms in total. The number of carbonyl (C=O) groups is 1. The largest absolute Gasteiger partial charge is 0.487 e. The molecule has 100 valence electrons. The van der Waals surface area contributed by atoms with E-state index in [9.17, 15) is 9.18 Å². The number of carbonyl (C=O) groups excluding carboxylic acids is 1. The van der Waals surface area contributed by atoms with E-state index in [1.807, 2.05) is 0 Å². The maximum Gasteiger partial charge on any atom is 0.275 e. The normalized spacial score (nSPS) is 10.3. The van der Waals surface area contributed by atoms with E-state index in [4.69, 9.17) is 10.6 Å². The van der Waals surface area contributed by atoms with Crippen LogP contribution in [0.25, 0.3) is 0 Å². The van der Waals surface area contributed by atoms with E-state index in [0.29, 0.717) is 15.1 Å². The zero-order valence-electron chi connectivity index (χ0n) is 9.65. The number of hydrogen-bond acceptors (Lipinski definition) is 4. The molecule has 2 aromatic rings. The molecular weight excluding hydrogens is 335 g/mol. The van der Waals surface area contributed by atoms with E-state index in [1.54, 1.807) is 18.2 Å². The summed E-state index contributed by atoms with van der Waals surface area (Å²) in [5.41, 5.74) is 2.06. The SMILES string of the molecule is NNC(=O)c1ccc(COc2cc(F)ccc2Br)s1. The van der Waals surface area contributed by atoms with Gasteiger partial charge in [-0.25, -0.2) is 10.2 Å². The molecule has 0 spiro atoms. The van der Waals surface area contributed by atoms with Crippen LogP contribution in [0.3, 0.4) is 0 Å². The summed E-state index contributed by atoms with van der Waals surface area (Å²) in [6.07, 6.45) is 0. The zero-order valence-corrected chi connectivity index (χ0v) is 12.1. The molecule has 2 rings (SSSR count). The van der Waals surface area contributed by atoms with Gasteiger partial charge in [-0.05, 0) is 40.2 Å². The van der Waals surface area contributed by atoms with Gasteiger partial charge in [0.15, 0.2) is 0 Å². The number of hydrazine groups is 1. The summed E-state index contributed by atoms with van der Waals surface area (Å²) in [6.45, 7) is 0.255. The van der Waals surface area contributed by atoms with Gasteiger partial charge in [0.05, 0.1) is 9.35 Å². The molecule has 0 aliphatic heterocycles. The van der Waals surface area contributed by atoms with E-state index in [0.717, 1.165) is 4.88 Å². The summed E-state index contributed by atoms with van der Waals surface area (Å²) in [6, 6.07) is 7.64. The number of rotatable bonds is 4. The van der Waals surface area contributed by atoms with Gasteiger partial charge in [0.2, 0.25) is 0 Å². The first kappa shape index (κ1) is 14.0. The van der Waals surface area contributed by atoms with E-state index in [-0.39, 0.29) is 18.3 Å². The first-order valence-corrected chi connectivity index (χ1v) is 6.88. The van der Waals surface area contributed by atoms with Crippen molar-refractivity contribution in [2.45, 2.75) is 6.61 Å². The maximum absolute atomic E-state index is 13.1. The predicted octanol–water partition coefficient (Wildman–Crippen LogP) is 2.83. The molecule has 7 heteroatoms. The van der Waals surface area contributed by atoms with Crippen molar-refractivity contribution in [3.05, 3.63) is 50.4 Å². The van der Waals surface area contributed by atoms with Crippen LogP contribution >= 0.6 is 27.3 Å². The Morgan fingerprint density at radius 2 is 2.21 bits per heavy atom. The second-order valence-electron chi connectivity index (χ2n) is 3.60. The average molecular weight is 345 g/mol. The molecule has 1 aromatic heterocycles. The summed E-state index contributed by atoms with van der Waals surface area (Å²) in [5.74, 6) is 4.75. The van der Waals surface area contributed by atoms with Crippen LogP contribution in [-0.2, 0) is 6.61 Å². The molecule has 0 unspecified atom stereocenters. The maximum atomic E-state index is 13.1. The highest BCUT2D eigenvalue weighted by molar-refractivity contribution is 9.10. The summed E-state index contributed by atoms with van der Waals surface area (Å²) in [5, 5.41) is 0. The lowest BCUT2D eigenvalue weighted by Crippen LogP contribution is -2.29. The number of ether oxygens (including phenoxy) is 1. The molecule has 0 atom stereocenters. The van der Waals surface area contributed by atoms with Gasteiger partial charge in [-0.3, -0.25) is 10.2 Å². The third-order valence-corrected chi connectivity index (χ3v) is 3.99. The van der Waals surface area contributed by atoms with Crippen LogP contribution in [0.1, 0.15) is 14.5 Å². The topological polar surface area (TPSA) is 64.3 Å². The minimum absolute atomic E-state index is 0.255. The molecule has 19 heavy (non-hydrogen) atoms. The zero-order chi connectivity index (χ0) is 13.8. The number of amides is 1. The molecule has 3 N–H and O–H groups in total. The third-order valence-electron chi connectivity index (χ3n) is 2.28. The number of benzene rings is 1. The number of halogens is 2. The molecule has 1 amide bonds. The standard InChI is InChI=1S/C12H10BrFN2O2S/c13-9-3-1-7(14)5-10(9)18-6-8-2-4-11(19-8)12(17)16-15/h1-5H,6,15H2,(H,16,17). The van der Waals surface area contributed by atoms with E-state index >= 15 is 0 Å². The van der Waals surface area contributed by atoms with Crippen LogP contribution in [0.15, 0.2) is 34.8 Å². The van der Waals surface area contributed by atoms with E-state index in [1.165, 1.54) is 23.5 Å². The number of nitrogens with two attached hydrogens (primary N) is 1.